The summed E-state index contributed by atoms with van der Waals surface area (Å²) >= 11 is 1.32. The Morgan fingerprint density at radius 3 is 2.82 bits per heavy atom. The van der Waals surface area contributed by atoms with Crippen molar-refractivity contribution in [2.45, 2.75) is 43.8 Å². The number of imidazole rings is 1. The van der Waals surface area contributed by atoms with Gasteiger partial charge < -0.3 is 10.1 Å². The van der Waals surface area contributed by atoms with Gasteiger partial charge in [-0.25, -0.2) is 4.98 Å². The number of hydrogen-bond acceptors (Lipinski definition) is 6. The van der Waals surface area contributed by atoms with Crippen LogP contribution in [0.2, 0.25) is 0 Å². The van der Waals surface area contributed by atoms with E-state index in [1.165, 1.54) is 49.6 Å². The zero-order chi connectivity index (χ0) is 23.8. The number of nitrogens with zero attached hydrogens (tertiary/aromatic N) is 3. The summed E-state index contributed by atoms with van der Waals surface area (Å²) in [6, 6.07) is 12.3. The predicted octanol–water partition coefficient (Wildman–Crippen LogP) is 4.98. The highest BCUT2D eigenvalue weighted by molar-refractivity contribution is 7.99. The van der Waals surface area contributed by atoms with Crippen molar-refractivity contribution in [2.75, 3.05) is 12.9 Å². The van der Waals surface area contributed by atoms with E-state index in [4.69, 9.17) is 4.74 Å². The van der Waals surface area contributed by atoms with Crippen molar-refractivity contribution in [3.8, 4) is 11.4 Å². The lowest BCUT2D eigenvalue weighted by Gasteiger charge is -2.28. The lowest BCUT2D eigenvalue weighted by molar-refractivity contribution is -0.384. The Morgan fingerprint density at radius 1 is 1.29 bits per heavy atom. The molecule has 2 fully saturated rings. The molecule has 0 radical (unpaired) electrons. The molecule has 0 unspecified atom stereocenters. The van der Waals surface area contributed by atoms with Crippen LogP contribution < -0.4 is 10.1 Å². The van der Waals surface area contributed by atoms with Crippen LogP contribution in [0.5, 0.6) is 5.75 Å². The van der Waals surface area contributed by atoms with Crippen molar-refractivity contribution in [3.63, 3.8) is 0 Å². The topological polar surface area (TPSA) is 99.3 Å². The molecule has 5 rings (SSSR count). The molecule has 8 nitrogen and oxygen atoms in total. The van der Waals surface area contributed by atoms with Crippen LogP contribution in [0.25, 0.3) is 16.7 Å². The molecule has 178 valence electrons. The number of nitrogens with one attached hydrogen (secondary N) is 1. The molecule has 1 amide bonds. The first kappa shape index (κ1) is 22.7. The molecule has 0 aliphatic heterocycles. The number of non-ortho nitro benzene ring substituents is 1. The van der Waals surface area contributed by atoms with E-state index in [0.717, 1.165) is 17.5 Å². The minimum atomic E-state index is -0.432. The van der Waals surface area contributed by atoms with Crippen molar-refractivity contribution in [2.24, 2.45) is 17.8 Å². The molecule has 2 aliphatic carbocycles. The first-order valence-corrected chi connectivity index (χ1v) is 12.7. The molecule has 3 aromatic rings. The van der Waals surface area contributed by atoms with Crippen molar-refractivity contribution >= 4 is 34.4 Å². The monoisotopic (exact) mass is 480 g/mol. The normalized spacial score (nSPS) is 22.1. The summed E-state index contributed by atoms with van der Waals surface area (Å²) in [4.78, 5) is 28.3. The maximum atomic E-state index is 12.8. The summed E-state index contributed by atoms with van der Waals surface area (Å²) in [7, 11) is 1.60. The largest absolute Gasteiger partial charge is 0.495 e. The van der Waals surface area contributed by atoms with E-state index in [1.54, 1.807) is 13.2 Å². The molecule has 4 atom stereocenters. The lowest BCUT2D eigenvalue weighted by Crippen LogP contribution is -2.40. The highest BCUT2D eigenvalue weighted by Gasteiger charge is 2.42. The van der Waals surface area contributed by atoms with Gasteiger partial charge in [0, 0.05) is 18.2 Å². The number of rotatable bonds is 8. The average Bonchev–Trinajstić information content (AvgIpc) is 3.56. The van der Waals surface area contributed by atoms with Gasteiger partial charge in [0.25, 0.3) is 5.69 Å². The molecule has 34 heavy (non-hydrogen) atoms. The van der Waals surface area contributed by atoms with Gasteiger partial charge in [0.2, 0.25) is 5.91 Å². The highest BCUT2D eigenvalue weighted by Crippen LogP contribution is 2.49. The van der Waals surface area contributed by atoms with Crippen molar-refractivity contribution in [1.82, 2.24) is 14.9 Å². The average molecular weight is 481 g/mol. The number of nitro benzene ring substituents is 1. The number of ether oxygens (including phenoxy) is 1. The lowest BCUT2D eigenvalue weighted by atomic mass is 9.84. The molecule has 2 aromatic carbocycles. The van der Waals surface area contributed by atoms with Crippen molar-refractivity contribution < 1.29 is 14.5 Å². The third kappa shape index (κ3) is 4.24. The number of methoxy groups -OCH3 is 1. The van der Waals surface area contributed by atoms with Crippen LogP contribution in [0, 0.1) is 27.9 Å². The highest BCUT2D eigenvalue weighted by atomic mass is 32.2. The molecular weight excluding hydrogens is 452 g/mol. The predicted molar refractivity (Wildman–Crippen MR) is 132 cm³/mol. The van der Waals surface area contributed by atoms with Gasteiger partial charge in [0.1, 0.15) is 5.75 Å². The number of benzene rings is 2. The third-order valence-electron chi connectivity index (χ3n) is 7.30. The fraction of sp³-hybridized carbons (Fsp3) is 0.440. The second-order valence-corrected chi connectivity index (χ2v) is 10.3. The Kier molecular flexibility index (Phi) is 6.20. The van der Waals surface area contributed by atoms with E-state index in [0.29, 0.717) is 27.9 Å². The first-order valence-electron chi connectivity index (χ1n) is 11.7. The van der Waals surface area contributed by atoms with E-state index < -0.39 is 4.92 Å². The number of carbonyl (C=O) groups is 1. The summed E-state index contributed by atoms with van der Waals surface area (Å²) in [5.74, 6) is 3.01. The number of amides is 1. The zero-order valence-corrected chi connectivity index (χ0v) is 20.1. The summed E-state index contributed by atoms with van der Waals surface area (Å²) in [5.41, 5.74) is 1.96. The summed E-state index contributed by atoms with van der Waals surface area (Å²) < 4.78 is 7.45. The molecule has 2 aliphatic rings. The minimum Gasteiger partial charge on any atom is -0.495 e. The maximum Gasteiger partial charge on any atom is 0.271 e. The van der Waals surface area contributed by atoms with Crippen molar-refractivity contribution in [1.29, 1.82) is 0 Å². The standard InChI is InChI=1S/C25H28N4O4S/c1-15(19-12-16-7-8-17(19)11-16)26-24(30)14-34-25-27-20-13-18(29(31)32)9-10-21(20)28(25)22-5-3-4-6-23(22)33-2/h3-6,9-10,13,15-17,19H,7-8,11-12,14H2,1-2H3,(H,26,30)/t15-,16-,17-,19+/m0/s1. The molecule has 9 heteroatoms. The second kappa shape index (κ2) is 9.29. The number of hydrogen-bond donors (Lipinski definition) is 1. The summed E-state index contributed by atoms with van der Waals surface area (Å²) in [6.45, 7) is 2.12. The second-order valence-electron chi connectivity index (χ2n) is 9.32. The van der Waals surface area contributed by atoms with Crippen LogP contribution in [0.1, 0.15) is 32.6 Å². The van der Waals surface area contributed by atoms with Gasteiger partial charge in [0.15, 0.2) is 5.16 Å². The molecule has 0 spiro atoms. The fourth-order valence-electron chi connectivity index (χ4n) is 5.74. The zero-order valence-electron chi connectivity index (χ0n) is 19.3. The van der Waals surface area contributed by atoms with E-state index in [1.807, 2.05) is 28.8 Å². The Labute approximate surface area is 202 Å². The summed E-state index contributed by atoms with van der Waals surface area (Å²) in [6.07, 6.45) is 5.17. The minimum absolute atomic E-state index is 0.0221. The Morgan fingerprint density at radius 2 is 2.12 bits per heavy atom. The molecular formula is C25H28N4O4S. The number of fused-ring (bicyclic) bond motifs is 3. The van der Waals surface area contributed by atoms with Crippen LogP contribution >= 0.6 is 11.8 Å². The van der Waals surface area contributed by atoms with Crippen molar-refractivity contribution in [3.05, 3.63) is 52.6 Å². The van der Waals surface area contributed by atoms with Gasteiger partial charge >= 0.3 is 0 Å². The molecule has 1 N–H and O–H groups in total. The number of para-hydroxylation sites is 2. The third-order valence-corrected chi connectivity index (χ3v) is 8.24. The Hall–Kier alpha value is -3.07. The van der Waals surface area contributed by atoms with Gasteiger partial charge in [-0.2, -0.15) is 0 Å². The van der Waals surface area contributed by atoms with Gasteiger partial charge in [-0.1, -0.05) is 30.3 Å². The smallest absolute Gasteiger partial charge is 0.271 e. The van der Waals surface area contributed by atoms with E-state index in [2.05, 4.69) is 17.2 Å². The maximum absolute atomic E-state index is 12.8. The van der Waals surface area contributed by atoms with E-state index in [9.17, 15) is 14.9 Å². The first-order chi connectivity index (χ1) is 16.4. The Balaban J connectivity index is 1.39. The SMILES string of the molecule is COc1ccccc1-n1c(SCC(=O)N[C@@H](C)[C@H]2C[C@H]3CC[C@H]2C3)nc2cc([N+](=O)[O-])ccc21. The van der Waals surface area contributed by atoms with Crippen LogP contribution in [0.15, 0.2) is 47.6 Å². The molecule has 1 aromatic heterocycles. The van der Waals surface area contributed by atoms with Crippen LogP contribution in [-0.2, 0) is 4.79 Å². The van der Waals surface area contributed by atoms with Gasteiger partial charge in [-0.3, -0.25) is 19.5 Å². The van der Waals surface area contributed by atoms with Gasteiger partial charge in [-0.05, 0) is 62.1 Å². The van der Waals surface area contributed by atoms with Crippen LogP contribution in [-0.4, -0.2) is 39.3 Å². The van der Waals surface area contributed by atoms with Gasteiger partial charge in [0.05, 0.1) is 34.5 Å². The molecule has 0 saturated heterocycles. The van der Waals surface area contributed by atoms with E-state index >= 15 is 0 Å². The molecule has 2 bridgehead atoms. The fourth-order valence-corrected chi connectivity index (χ4v) is 6.58. The van der Waals surface area contributed by atoms with Crippen LogP contribution in [0.3, 0.4) is 0 Å². The van der Waals surface area contributed by atoms with Gasteiger partial charge in [-0.15, -0.1) is 0 Å². The Bertz CT molecular complexity index is 1240. The quantitative estimate of drug-likeness (QED) is 0.277. The number of thioether (sulfide) groups is 1. The number of carbonyl (C=O) groups excluding carboxylic acids is 1. The molecule has 1 heterocycles. The summed E-state index contributed by atoms with van der Waals surface area (Å²) in [5, 5.41) is 15.1. The van der Waals surface area contributed by atoms with Crippen LogP contribution in [0.4, 0.5) is 5.69 Å². The number of nitro groups is 1. The molecule has 2 saturated carbocycles. The number of aromatic nitrogens is 2. The van der Waals surface area contributed by atoms with E-state index in [-0.39, 0.29) is 23.4 Å².